The van der Waals surface area contributed by atoms with E-state index in [0.717, 1.165) is 27.8 Å². The molecule has 2 N–H and O–H groups in total. The highest BCUT2D eigenvalue weighted by Gasteiger charge is 2.39. The van der Waals surface area contributed by atoms with Crippen LogP contribution in [0.3, 0.4) is 0 Å². The normalized spacial score (nSPS) is 18.4. The summed E-state index contributed by atoms with van der Waals surface area (Å²) in [4.78, 5) is 52.8. The van der Waals surface area contributed by atoms with E-state index in [1.165, 1.54) is 4.90 Å². The number of carbonyl (C=O) groups is 4. The van der Waals surface area contributed by atoms with Crippen molar-refractivity contribution in [3.63, 3.8) is 0 Å². The van der Waals surface area contributed by atoms with Gasteiger partial charge in [-0.1, -0.05) is 85.8 Å². The fourth-order valence-electron chi connectivity index (χ4n) is 5.80. The van der Waals surface area contributed by atoms with Crippen LogP contribution in [0.2, 0.25) is 0 Å². The summed E-state index contributed by atoms with van der Waals surface area (Å²) >= 11 is 0. The molecule has 2 amide bonds. The van der Waals surface area contributed by atoms with Crippen LogP contribution >= 0.6 is 0 Å². The van der Waals surface area contributed by atoms with Crippen LogP contribution in [0, 0.1) is 5.92 Å². The molecule has 218 valence electrons. The number of piperidine rings is 1. The van der Waals surface area contributed by atoms with Crippen molar-refractivity contribution in [2.45, 2.75) is 50.8 Å². The summed E-state index contributed by atoms with van der Waals surface area (Å²) in [6.07, 6.45) is -0.390. The average Bonchev–Trinajstić information content (AvgIpc) is 3.32. The molecule has 1 fully saturated rings. The summed E-state index contributed by atoms with van der Waals surface area (Å²) in [6, 6.07) is 22.6. The topological polar surface area (TPSA) is 122 Å². The number of ether oxygens (including phenoxy) is 2. The summed E-state index contributed by atoms with van der Waals surface area (Å²) in [5.74, 6) is -2.59. The molecule has 9 nitrogen and oxygen atoms in total. The zero-order valence-electron chi connectivity index (χ0n) is 23.4. The number of nitrogens with one attached hydrogen (secondary N) is 1. The number of amides is 2. The maximum absolute atomic E-state index is 13.7. The fraction of sp³-hybridized carbons (Fsp3) is 0.333. The van der Waals surface area contributed by atoms with Crippen molar-refractivity contribution in [2.24, 2.45) is 5.92 Å². The van der Waals surface area contributed by atoms with E-state index in [-0.39, 0.29) is 31.6 Å². The predicted octanol–water partition coefficient (Wildman–Crippen LogP) is 4.74. The second-order valence-electron chi connectivity index (χ2n) is 10.9. The number of alkyl carbamates (subject to hydrolysis) is 1. The van der Waals surface area contributed by atoms with E-state index < -0.39 is 42.4 Å². The Hall–Kier alpha value is -4.66. The molecule has 0 radical (unpaired) electrons. The molecule has 3 atom stereocenters. The van der Waals surface area contributed by atoms with Crippen molar-refractivity contribution in [2.75, 3.05) is 13.2 Å². The highest BCUT2D eigenvalue weighted by atomic mass is 16.5. The average molecular weight is 571 g/mol. The highest BCUT2D eigenvalue weighted by molar-refractivity contribution is 5.92. The van der Waals surface area contributed by atoms with Gasteiger partial charge in [-0.2, -0.15) is 0 Å². The molecule has 5 rings (SSSR count). The number of aliphatic carboxylic acids is 1. The number of rotatable bonds is 9. The van der Waals surface area contributed by atoms with Crippen LogP contribution in [-0.2, 0) is 30.5 Å². The minimum atomic E-state index is -1.35. The van der Waals surface area contributed by atoms with Gasteiger partial charge in [0.25, 0.3) is 0 Å². The first-order valence-electron chi connectivity index (χ1n) is 14.2. The maximum atomic E-state index is 13.7. The summed E-state index contributed by atoms with van der Waals surface area (Å²) in [6.45, 7) is 2.17. The van der Waals surface area contributed by atoms with Crippen LogP contribution in [0.5, 0.6) is 0 Å². The van der Waals surface area contributed by atoms with Gasteiger partial charge in [0, 0.05) is 12.5 Å². The van der Waals surface area contributed by atoms with E-state index in [0.29, 0.717) is 12.8 Å². The van der Waals surface area contributed by atoms with Gasteiger partial charge in [-0.05, 0) is 46.6 Å². The molecule has 42 heavy (non-hydrogen) atoms. The largest absolute Gasteiger partial charge is 0.480 e. The first kappa shape index (κ1) is 28.9. The Morgan fingerprint density at radius 1 is 0.881 bits per heavy atom. The third-order valence-corrected chi connectivity index (χ3v) is 7.93. The standard InChI is InChI=1S/C33H34N2O7/c1-21-15-16-29(32(38)39)35(18-21)31(37)28(17-30(36)41-19-22-9-3-2-4-10-22)34-33(40)42-20-27-25-13-7-5-11-23(25)24-12-6-8-14-26(24)27/h2-14,21,27-29H,15-20H2,1H3,(H,34,40)(H,38,39)/t21?,28-,29?/m0/s1. The first-order chi connectivity index (χ1) is 20.3. The van der Waals surface area contributed by atoms with Gasteiger partial charge in [-0.25, -0.2) is 9.59 Å². The second-order valence-corrected chi connectivity index (χ2v) is 10.9. The second kappa shape index (κ2) is 12.9. The van der Waals surface area contributed by atoms with Gasteiger partial charge in [0.15, 0.2) is 0 Å². The lowest BCUT2D eigenvalue weighted by molar-refractivity contribution is -0.155. The first-order valence-corrected chi connectivity index (χ1v) is 14.2. The molecular formula is C33H34N2O7. The van der Waals surface area contributed by atoms with Gasteiger partial charge in [0.1, 0.15) is 25.3 Å². The molecule has 1 aliphatic carbocycles. The van der Waals surface area contributed by atoms with E-state index in [1.54, 1.807) is 12.1 Å². The summed E-state index contributed by atoms with van der Waals surface area (Å²) in [5.41, 5.74) is 5.00. The van der Waals surface area contributed by atoms with E-state index in [1.807, 2.05) is 73.7 Å². The molecule has 3 aromatic rings. The number of benzene rings is 3. The van der Waals surface area contributed by atoms with Crippen LogP contribution in [0.1, 0.15) is 48.8 Å². The molecule has 0 bridgehead atoms. The number of hydrogen-bond acceptors (Lipinski definition) is 6. The van der Waals surface area contributed by atoms with Crippen LogP contribution in [0.25, 0.3) is 11.1 Å². The molecule has 2 unspecified atom stereocenters. The maximum Gasteiger partial charge on any atom is 0.407 e. The number of nitrogens with zero attached hydrogens (tertiary/aromatic N) is 1. The van der Waals surface area contributed by atoms with E-state index >= 15 is 0 Å². The minimum Gasteiger partial charge on any atom is -0.480 e. The number of carboxylic acid groups (broad SMARTS) is 1. The van der Waals surface area contributed by atoms with Gasteiger partial charge in [-0.15, -0.1) is 0 Å². The Kier molecular flexibility index (Phi) is 8.85. The van der Waals surface area contributed by atoms with Crippen molar-refractivity contribution in [3.8, 4) is 11.1 Å². The molecule has 1 saturated heterocycles. The summed E-state index contributed by atoms with van der Waals surface area (Å²) in [5, 5.41) is 12.3. The summed E-state index contributed by atoms with van der Waals surface area (Å²) < 4.78 is 11.0. The Labute approximate surface area is 244 Å². The number of likely N-dealkylation sites (tertiary alicyclic amines) is 1. The Bertz CT molecular complexity index is 1410. The number of hydrogen-bond donors (Lipinski definition) is 2. The molecule has 3 aromatic carbocycles. The van der Waals surface area contributed by atoms with E-state index in [2.05, 4.69) is 5.32 Å². The van der Waals surface area contributed by atoms with Crippen molar-refractivity contribution < 1.29 is 33.8 Å². The van der Waals surface area contributed by atoms with Crippen molar-refractivity contribution in [1.29, 1.82) is 0 Å². The van der Waals surface area contributed by atoms with Crippen LogP contribution in [0.4, 0.5) is 4.79 Å². The van der Waals surface area contributed by atoms with Crippen LogP contribution in [0.15, 0.2) is 78.9 Å². The minimum absolute atomic E-state index is 0.00400. The van der Waals surface area contributed by atoms with Gasteiger partial charge >= 0.3 is 18.0 Å². The SMILES string of the molecule is CC1CCC(C(=O)O)N(C(=O)[C@H](CC(=O)OCc2ccccc2)NC(=O)OCC2c3ccccc3-c3ccccc32)C1. The van der Waals surface area contributed by atoms with Crippen molar-refractivity contribution >= 4 is 23.9 Å². The lowest BCUT2D eigenvalue weighted by Crippen LogP contribution is -2.57. The van der Waals surface area contributed by atoms with Gasteiger partial charge in [-0.3, -0.25) is 9.59 Å². The van der Waals surface area contributed by atoms with Crippen LogP contribution in [-0.4, -0.2) is 59.2 Å². The van der Waals surface area contributed by atoms with Gasteiger partial charge in [0.2, 0.25) is 5.91 Å². The number of carbonyl (C=O) groups excluding carboxylic acids is 3. The summed E-state index contributed by atoms with van der Waals surface area (Å²) in [7, 11) is 0. The fourth-order valence-corrected chi connectivity index (χ4v) is 5.80. The molecule has 0 saturated carbocycles. The third-order valence-electron chi connectivity index (χ3n) is 7.93. The number of carboxylic acids is 1. The van der Waals surface area contributed by atoms with Crippen molar-refractivity contribution in [3.05, 3.63) is 95.6 Å². The van der Waals surface area contributed by atoms with E-state index in [9.17, 15) is 24.3 Å². The smallest absolute Gasteiger partial charge is 0.407 e. The quantitative estimate of drug-likeness (QED) is 0.357. The predicted molar refractivity (Wildman–Crippen MR) is 154 cm³/mol. The highest BCUT2D eigenvalue weighted by Crippen LogP contribution is 2.44. The molecule has 1 aliphatic heterocycles. The van der Waals surface area contributed by atoms with Crippen LogP contribution < -0.4 is 5.32 Å². The van der Waals surface area contributed by atoms with Crippen molar-refractivity contribution in [1.82, 2.24) is 10.2 Å². The molecule has 2 aliphatic rings. The Balaban J connectivity index is 1.29. The molecule has 1 heterocycles. The lowest BCUT2D eigenvalue weighted by atomic mass is 9.93. The Morgan fingerprint density at radius 3 is 2.14 bits per heavy atom. The zero-order valence-corrected chi connectivity index (χ0v) is 23.4. The molecular weight excluding hydrogens is 536 g/mol. The molecule has 0 aromatic heterocycles. The molecule has 0 spiro atoms. The Morgan fingerprint density at radius 2 is 1.50 bits per heavy atom. The van der Waals surface area contributed by atoms with E-state index in [4.69, 9.17) is 9.47 Å². The molecule has 9 heteroatoms. The lowest BCUT2D eigenvalue weighted by Gasteiger charge is -2.38. The third kappa shape index (κ3) is 6.46. The monoisotopic (exact) mass is 570 g/mol. The zero-order chi connectivity index (χ0) is 29.6. The number of fused-ring (bicyclic) bond motifs is 3. The van der Waals surface area contributed by atoms with Gasteiger partial charge < -0.3 is 24.8 Å². The van der Waals surface area contributed by atoms with Gasteiger partial charge in [0.05, 0.1) is 6.42 Å². The number of esters is 1.